The number of hydrogen-bond acceptors (Lipinski definition) is 1. The summed E-state index contributed by atoms with van der Waals surface area (Å²) in [5.41, 5.74) is 0. The maximum Gasteiger partial charge on any atom is 0.102 e. The van der Waals surface area contributed by atoms with Crippen LogP contribution in [0.3, 0.4) is 0 Å². The van der Waals surface area contributed by atoms with Crippen LogP contribution in [-0.2, 0) is 0 Å². The van der Waals surface area contributed by atoms with Crippen LogP contribution in [0.2, 0.25) is 0 Å². The first kappa shape index (κ1) is 18.0. The van der Waals surface area contributed by atoms with E-state index in [1.807, 2.05) is 0 Å². The molecule has 0 bridgehead atoms. The van der Waals surface area contributed by atoms with Gasteiger partial charge in [-0.1, -0.05) is 58.3 Å². The number of aliphatic hydroxyl groups excluding tert-OH is 1. The van der Waals surface area contributed by atoms with Crippen LogP contribution in [0.25, 0.3) is 0 Å². The van der Waals surface area contributed by atoms with E-state index in [-0.39, 0.29) is 0 Å². The quantitative estimate of drug-likeness (QED) is 0.390. The molecule has 1 heterocycles. The van der Waals surface area contributed by atoms with Gasteiger partial charge in [0.05, 0.1) is 26.2 Å². The van der Waals surface area contributed by atoms with Crippen LogP contribution in [0.1, 0.15) is 84.0 Å². The van der Waals surface area contributed by atoms with Crippen molar-refractivity contribution in [3.63, 3.8) is 0 Å². The summed E-state index contributed by atoms with van der Waals surface area (Å²) in [6.07, 6.45) is 16.9. The molecular weight excluding hydrogens is 246 g/mol. The fourth-order valence-corrected chi connectivity index (χ4v) is 3.71. The Morgan fingerprint density at radius 3 is 1.70 bits per heavy atom. The average Bonchev–Trinajstić information content (AvgIpc) is 2.90. The Hall–Kier alpha value is -0.0800. The molecule has 120 valence electrons. The van der Waals surface area contributed by atoms with Crippen molar-refractivity contribution in [2.45, 2.75) is 84.0 Å². The Labute approximate surface area is 127 Å². The summed E-state index contributed by atoms with van der Waals surface area (Å²) in [7, 11) is 0. The Morgan fingerprint density at radius 2 is 1.20 bits per heavy atom. The minimum Gasteiger partial charge on any atom is -0.391 e. The van der Waals surface area contributed by atoms with E-state index in [4.69, 9.17) is 0 Å². The number of aliphatic hydroxyl groups is 1. The van der Waals surface area contributed by atoms with Gasteiger partial charge in [-0.05, 0) is 12.8 Å². The molecule has 1 saturated heterocycles. The highest BCUT2D eigenvalue weighted by molar-refractivity contribution is 4.56. The van der Waals surface area contributed by atoms with E-state index < -0.39 is 0 Å². The summed E-state index contributed by atoms with van der Waals surface area (Å²) >= 11 is 0. The van der Waals surface area contributed by atoms with Gasteiger partial charge in [0.25, 0.3) is 0 Å². The largest absolute Gasteiger partial charge is 0.391 e. The summed E-state index contributed by atoms with van der Waals surface area (Å²) in [4.78, 5) is 0. The molecule has 0 aromatic carbocycles. The first-order chi connectivity index (χ1) is 9.83. The second-order valence-corrected chi connectivity index (χ2v) is 6.85. The van der Waals surface area contributed by atoms with Crippen molar-refractivity contribution < 1.29 is 9.59 Å². The molecule has 0 amide bonds. The van der Waals surface area contributed by atoms with Crippen molar-refractivity contribution in [1.82, 2.24) is 0 Å². The molecular formula is C18H38NO+. The highest BCUT2D eigenvalue weighted by atomic mass is 16.3. The van der Waals surface area contributed by atoms with Crippen molar-refractivity contribution in [2.75, 3.05) is 32.8 Å². The van der Waals surface area contributed by atoms with Gasteiger partial charge in [0.15, 0.2) is 0 Å². The number of nitrogens with zero attached hydrogens (tertiary/aromatic N) is 1. The van der Waals surface area contributed by atoms with E-state index >= 15 is 0 Å². The Bertz CT molecular complexity index is 211. The average molecular weight is 285 g/mol. The summed E-state index contributed by atoms with van der Waals surface area (Å²) in [5, 5.41) is 9.24. The number of quaternary nitrogens is 1. The van der Waals surface area contributed by atoms with Crippen LogP contribution < -0.4 is 0 Å². The number of hydrogen-bond donors (Lipinski definition) is 1. The molecule has 1 aliphatic rings. The lowest BCUT2D eigenvalue weighted by Gasteiger charge is -2.33. The molecule has 0 aliphatic carbocycles. The van der Waals surface area contributed by atoms with Crippen LogP contribution in [0.5, 0.6) is 0 Å². The predicted octanol–water partition coefficient (Wildman–Crippen LogP) is 4.51. The Balaban J connectivity index is 1.91. The van der Waals surface area contributed by atoms with Crippen molar-refractivity contribution in [2.24, 2.45) is 0 Å². The van der Waals surface area contributed by atoms with Gasteiger partial charge in [0.1, 0.15) is 6.54 Å². The number of unbranched alkanes of at least 4 members (excludes halogenated alkanes) is 9. The zero-order valence-electron chi connectivity index (χ0n) is 13.9. The molecule has 1 rings (SSSR count). The molecule has 2 heteroatoms. The van der Waals surface area contributed by atoms with Gasteiger partial charge in [-0.25, -0.2) is 0 Å². The summed E-state index contributed by atoms with van der Waals surface area (Å²) in [5.74, 6) is 0. The van der Waals surface area contributed by atoms with E-state index in [2.05, 4.69) is 6.92 Å². The monoisotopic (exact) mass is 284 g/mol. The van der Waals surface area contributed by atoms with Crippen molar-refractivity contribution in [1.29, 1.82) is 0 Å². The van der Waals surface area contributed by atoms with Gasteiger partial charge >= 0.3 is 0 Å². The molecule has 2 nitrogen and oxygen atoms in total. The van der Waals surface area contributed by atoms with Crippen LogP contribution in [-0.4, -0.2) is 42.4 Å². The van der Waals surface area contributed by atoms with Gasteiger partial charge in [-0.2, -0.15) is 0 Å². The summed E-state index contributed by atoms with van der Waals surface area (Å²) in [6.45, 7) is 7.61. The van der Waals surface area contributed by atoms with Gasteiger partial charge in [-0.15, -0.1) is 0 Å². The topological polar surface area (TPSA) is 20.2 Å². The Kier molecular flexibility index (Phi) is 10.4. The molecule has 0 spiro atoms. The minimum atomic E-state index is 0.373. The van der Waals surface area contributed by atoms with Gasteiger partial charge < -0.3 is 9.59 Å². The van der Waals surface area contributed by atoms with Crippen LogP contribution in [0.4, 0.5) is 0 Å². The van der Waals surface area contributed by atoms with Crippen molar-refractivity contribution in [3.05, 3.63) is 0 Å². The number of likely N-dealkylation sites (tertiary alicyclic amines) is 1. The maximum absolute atomic E-state index is 9.24. The molecule has 0 radical (unpaired) electrons. The first-order valence-electron chi connectivity index (χ1n) is 9.29. The normalized spacial score (nSPS) is 17.7. The third-order valence-corrected chi connectivity index (χ3v) is 5.08. The zero-order valence-corrected chi connectivity index (χ0v) is 13.9. The lowest BCUT2D eigenvalue weighted by Crippen LogP contribution is -2.47. The maximum atomic E-state index is 9.24. The molecule has 0 aromatic heterocycles. The third kappa shape index (κ3) is 7.64. The van der Waals surface area contributed by atoms with E-state index in [9.17, 15) is 5.11 Å². The van der Waals surface area contributed by atoms with Crippen LogP contribution in [0, 0.1) is 0 Å². The highest BCUT2D eigenvalue weighted by Crippen LogP contribution is 2.20. The standard InChI is InChI=1S/C18H38NO/c1-2-3-4-5-6-7-8-9-10-11-14-19(17-18-20)15-12-13-16-19/h20H,2-18H2,1H3/q+1. The Morgan fingerprint density at radius 1 is 0.700 bits per heavy atom. The summed E-state index contributed by atoms with van der Waals surface area (Å²) in [6, 6.07) is 0. The molecule has 0 atom stereocenters. The van der Waals surface area contributed by atoms with E-state index in [0.717, 1.165) is 6.54 Å². The van der Waals surface area contributed by atoms with E-state index in [1.165, 1.54) is 101 Å². The fraction of sp³-hybridized carbons (Fsp3) is 1.00. The molecule has 1 N–H and O–H groups in total. The SMILES string of the molecule is CCCCCCCCCCCC[N+]1(CCO)CCCC1. The van der Waals surface area contributed by atoms with Gasteiger partial charge in [0.2, 0.25) is 0 Å². The molecule has 0 unspecified atom stereocenters. The molecule has 0 saturated carbocycles. The van der Waals surface area contributed by atoms with Gasteiger partial charge in [0, 0.05) is 12.8 Å². The molecule has 0 aromatic rings. The molecule has 1 aliphatic heterocycles. The lowest BCUT2D eigenvalue weighted by atomic mass is 10.1. The fourth-order valence-electron chi connectivity index (χ4n) is 3.71. The second-order valence-electron chi connectivity index (χ2n) is 6.85. The first-order valence-corrected chi connectivity index (χ1v) is 9.29. The lowest BCUT2D eigenvalue weighted by molar-refractivity contribution is -0.917. The van der Waals surface area contributed by atoms with Crippen LogP contribution >= 0.6 is 0 Å². The van der Waals surface area contributed by atoms with Crippen molar-refractivity contribution in [3.8, 4) is 0 Å². The van der Waals surface area contributed by atoms with E-state index in [0.29, 0.717) is 6.61 Å². The van der Waals surface area contributed by atoms with Crippen LogP contribution in [0.15, 0.2) is 0 Å². The number of rotatable bonds is 13. The predicted molar refractivity (Wildman–Crippen MR) is 87.9 cm³/mol. The van der Waals surface area contributed by atoms with Crippen molar-refractivity contribution >= 4 is 0 Å². The highest BCUT2D eigenvalue weighted by Gasteiger charge is 2.30. The molecule has 1 fully saturated rings. The third-order valence-electron chi connectivity index (χ3n) is 5.08. The molecule has 20 heavy (non-hydrogen) atoms. The minimum absolute atomic E-state index is 0.373. The second kappa shape index (κ2) is 11.6. The smallest absolute Gasteiger partial charge is 0.102 e. The van der Waals surface area contributed by atoms with E-state index in [1.54, 1.807) is 0 Å². The van der Waals surface area contributed by atoms with Gasteiger partial charge in [-0.3, -0.25) is 0 Å². The summed E-state index contributed by atoms with van der Waals surface area (Å²) < 4.78 is 1.22. The zero-order chi connectivity index (χ0) is 14.5.